The van der Waals surface area contributed by atoms with Crippen LogP contribution in [0, 0.1) is 11.8 Å². The van der Waals surface area contributed by atoms with Gasteiger partial charge in [0.2, 0.25) is 5.91 Å². The molecule has 140 valence electrons. The molecule has 0 bridgehead atoms. The first-order valence-electron chi connectivity index (χ1n) is 8.85. The molecule has 1 saturated carbocycles. The Labute approximate surface area is 168 Å². The molecule has 25 heavy (non-hydrogen) atoms. The standard InChI is InChI=1S/C19H30N4O.HI/c1-13(2)15-7-9-17(10-8-15)23-19(21-3)22-12-14-5-4-6-16(11-14)18(20)24;/h4-6,11,13,15,17H,7-10,12H2,1-3H3,(H2,20,24)(H2,21,22,23);1H. The molecular formula is C19H31IN4O. The van der Waals surface area contributed by atoms with Gasteiger partial charge in [-0.15, -0.1) is 24.0 Å². The molecule has 0 aromatic heterocycles. The van der Waals surface area contributed by atoms with Crippen LogP contribution >= 0.6 is 24.0 Å². The number of nitrogens with two attached hydrogens (primary N) is 1. The molecule has 1 amide bonds. The number of amides is 1. The quantitative estimate of drug-likeness (QED) is 0.360. The van der Waals surface area contributed by atoms with Crippen molar-refractivity contribution >= 4 is 35.8 Å². The lowest BCUT2D eigenvalue weighted by Gasteiger charge is -2.32. The molecule has 0 aliphatic heterocycles. The van der Waals surface area contributed by atoms with Crippen molar-refractivity contribution in [1.82, 2.24) is 10.6 Å². The number of carbonyl (C=O) groups is 1. The number of aliphatic imine (C=N–C) groups is 1. The first-order valence-corrected chi connectivity index (χ1v) is 8.85. The van der Waals surface area contributed by atoms with E-state index in [2.05, 4.69) is 29.5 Å². The van der Waals surface area contributed by atoms with Gasteiger partial charge >= 0.3 is 0 Å². The fraction of sp³-hybridized carbons (Fsp3) is 0.579. The molecule has 1 aromatic rings. The zero-order valence-electron chi connectivity index (χ0n) is 15.4. The SMILES string of the molecule is CN=C(NCc1cccc(C(N)=O)c1)NC1CCC(C(C)C)CC1.I. The van der Waals surface area contributed by atoms with Gasteiger partial charge in [0, 0.05) is 25.2 Å². The second kappa shape index (κ2) is 10.6. The summed E-state index contributed by atoms with van der Waals surface area (Å²) in [6, 6.07) is 7.85. The number of primary amides is 1. The van der Waals surface area contributed by atoms with Gasteiger partial charge in [0.25, 0.3) is 0 Å². The van der Waals surface area contributed by atoms with E-state index < -0.39 is 5.91 Å². The fourth-order valence-corrected chi connectivity index (χ4v) is 3.34. The predicted molar refractivity (Wildman–Crippen MR) is 114 cm³/mol. The number of guanidine groups is 1. The van der Waals surface area contributed by atoms with E-state index in [9.17, 15) is 4.79 Å². The molecule has 1 aromatic carbocycles. The summed E-state index contributed by atoms with van der Waals surface area (Å²) < 4.78 is 0. The van der Waals surface area contributed by atoms with Gasteiger partial charge in [0.1, 0.15) is 0 Å². The number of rotatable bonds is 5. The maximum Gasteiger partial charge on any atom is 0.248 e. The van der Waals surface area contributed by atoms with E-state index >= 15 is 0 Å². The maximum atomic E-state index is 11.3. The predicted octanol–water partition coefficient (Wildman–Crippen LogP) is 3.28. The molecule has 4 N–H and O–H groups in total. The molecule has 5 nitrogen and oxygen atoms in total. The van der Waals surface area contributed by atoms with E-state index in [1.54, 1.807) is 13.1 Å². The Morgan fingerprint density at radius 1 is 1.28 bits per heavy atom. The molecule has 0 spiro atoms. The summed E-state index contributed by atoms with van der Waals surface area (Å²) in [6.07, 6.45) is 4.96. The summed E-state index contributed by atoms with van der Waals surface area (Å²) in [5, 5.41) is 6.84. The van der Waals surface area contributed by atoms with Gasteiger partial charge in [-0.25, -0.2) is 0 Å². The minimum atomic E-state index is -0.402. The molecule has 0 heterocycles. The van der Waals surface area contributed by atoms with Crippen molar-refractivity contribution in [2.45, 2.75) is 52.1 Å². The summed E-state index contributed by atoms with van der Waals surface area (Å²) in [6.45, 7) is 5.25. The second-order valence-electron chi connectivity index (χ2n) is 6.99. The normalized spacial score (nSPS) is 20.7. The number of halogens is 1. The molecule has 1 aliphatic carbocycles. The third kappa shape index (κ3) is 6.84. The highest BCUT2D eigenvalue weighted by atomic mass is 127. The van der Waals surface area contributed by atoms with Crippen LogP contribution in [0.4, 0.5) is 0 Å². The van der Waals surface area contributed by atoms with E-state index in [0.717, 1.165) is 23.4 Å². The Morgan fingerprint density at radius 3 is 2.52 bits per heavy atom. The Balaban J connectivity index is 0.00000312. The lowest BCUT2D eigenvalue weighted by Crippen LogP contribution is -2.44. The molecule has 1 fully saturated rings. The molecular weight excluding hydrogens is 427 g/mol. The number of hydrogen-bond donors (Lipinski definition) is 3. The van der Waals surface area contributed by atoms with Crippen LogP contribution < -0.4 is 16.4 Å². The number of nitrogens with zero attached hydrogens (tertiary/aromatic N) is 1. The minimum Gasteiger partial charge on any atom is -0.366 e. The molecule has 0 saturated heterocycles. The second-order valence-corrected chi connectivity index (χ2v) is 6.99. The van der Waals surface area contributed by atoms with E-state index in [1.165, 1.54) is 25.7 Å². The van der Waals surface area contributed by atoms with Gasteiger partial charge in [-0.2, -0.15) is 0 Å². The number of nitrogens with one attached hydrogen (secondary N) is 2. The van der Waals surface area contributed by atoms with Crippen molar-refractivity contribution in [2.24, 2.45) is 22.6 Å². The van der Waals surface area contributed by atoms with Crippen molar-refractivity contribution in [2.75, 3.05) is 7.05 Å². The summed E-state index contributed by atoms with van der Waals surface area (Å²) in [5.74, 6) is 2.05. The Kier molecular flexibility index (Phi) is 9.24. The lowest BCUT2D eigenvalue weighted by molar-refractivity contribution is 0.1000. The average Bonchev–Trinajstić information content (AvgIpc) is 2.59. The van der Waals surface area contributed by atoms with Crippen LogP contribution in [0.3, 0.4) is 0 Å². The van der Waals surface area contributed by atoms with Crippen molar-refractivity contribution in [3.63, 3.8) is 0 Å². The summed E-state index contributed by atoms with van der Waals surface area (Å²) in [4.78, 5) is 15.6. The highest BCUT2D eigenvalue weighted by molar-refractivity contribution is 14.0. The highest BCUT2D eigenvalue weighted by Gasteiger charge is 2.23. The minimum absolute atomic E-state index is 0. The van der Waals surface area contributed by atoms with Gasteiger partial charge in [-0.1, -0.05) is 26.0 Å². The largest absolute Gasteiger partial charge is 0.366 e. The Bertz CT molecular complexity index is 581. The van der Waals surface area contributed by atoms with Gasteiger partial charge in [0.05, 0.1) is 0 Å². The van der Waals surface area contributed by atoms with Crippen LogP contribution in [-0.2, 0) is 6.54 Å². The first-order chi connectivity index (χ1) is 11.5. The average molecular weight is 458 g/mol. The van der Waals surface area contributed by atoms with Crippen molar-refractivity contribution < 1.29 is 4.79 Å². The Hall–Kier alpha value is -1.31. The lowest BCUT2D eigenvalue weighted by atomic mass is 9.80. The highest BCUT2D eigenvalue weighted by Crippen LogP contribution is 2.29. The number of carbonyl (C=O) groups excluding carboxylic acids is 1. The molecule has 0 unspecified atom stereocenters. The Morgan fingerprint density at radius 2 is 1.96 bits per heavy atom. The third-order valence-corrected chi connectivity index (χ3v) is 4.95. The zero-order valence-corrected chi connectivity index (χ0v) is 17.7. The van der Waals surface area contributed by atoms with Crippen LogP contribution in [0.15, 0.2) is 29.3 Å². The van der Waals surface area contributed by atoms with Gasteiger partial charge in [0.15, 0.2) is 5.96 Å². The van der Waals surface area contributed by atoms with Crippen LogP contribution in [0.1, 0.15) is 55.5 Å². The summed E-state index contributed by atoms with van der Waals surface area (Å²) in [5.41, 5.74) is 6.87. The van der Waals surface area contributed by atoms with Crippen LogP contribution in [0.2, 0.25) is 0 Å². The molecule has 0 atom stereocenters. The van der Waals surface area contributed by atoms with Crippen molar-refractivity contribution in [1.29, 1.82) is 0 Å². The number of hydrogen-bond acceptors (Lipinski definition) is 2. The fourth-order valence-electron chi connectivity index (χ4n) is 3.34. The number of benzene rings is 1. The van der Waals surface area contributed by atoms with Crippen LogP contribution in [0.25, 0.3) is 0 Å². The van der Waals surface area contributed by atoms with Gasteiger partial charge < -0.3 is 16.4 Å². The van der Waals surface area contributed by atoms with Gasteiger partial charge in [-0.05, 0) is 55.2 Å². The van der Waals surface area contributed by atoms with Crippen LogP contribution in [-0.4, -0.2) is 25.0 Å². The first kappa shape index (κ1) is 21.7. The molecule has 1 aliphatic rings. The monoisotopic (exact) mass is 458 g/mol. The van der Waals surface area contributed by atoms with E-state index in [-0.39, 0.29) is 24.0 Å². The smallest absolute Gasteiger partial charge is 0.248 e. The maximum absolute atomic E-state index is 11.3. The topological polar surface area (TPSA) is 79.5 Å². The van der Waals surface area contributed by atoms with E-state index in [1.807, 2.05) is 18.2 Å². The van der Waals surface area contributed by atoms with E-state index in [4.69, 9.17) is 5.73 Å². The summed E-state index contributed by atoms with van der Waals surface area (Å²) >= 11 is 0. The molecule has 6 heteroatoms. The van der Waals surface area contributed by atoms with Gasteiger partial charge in [-0.3, -0.25) is 9.79 Å². The van der Waals surface area contributed by atoms with Crippen LogP contribution in [0.5, 0.6) is 0 Å². The summed E-state index contributed by atoms with van der Waals surface area (Å²) in [7, 11) is 1.79. The van der Waals surface area contributed by atoms with Crippen molar-refractivity contribution in [3.05, 3.63) is 35.4 Å². The van der Waals surface area contributed by atoms with Crippen molar-refractivity contribution in [3.8, 4) is 0 Å². The van der Waals surface area contributed by atoms with E-state index in [0.29, 0.717) is 18.2 Å². The molecule has 0 radical (unpaired) electrons. The third-order valence-electron chi connectivity index (χ3n) is 4.95. The molecule has 2 rings (SSSR count). The zero-order chi connectivity index (χ0) is 17.5.